The van der Waals surface area contributed by atoms with E-state index in [-0.39, 0.29) is 18.4 Å². The Balaban J connectivity index is 1.87. The van der Waals surface area contributed by atoms with Gasteiger partial charge in [0.05, 0.1) is 13.2 Å². The van der Waals surface area contributed by atoms with Gasteiger partial charge in [-0.2, -0.15) is 4.98 Å². The van der Waals surface area contributed by atoms with Crippen molar-refractivity contribution in [1.29, 1.82) is 0 Å². The molecule has 1 heterocycles. The molecule has 0 aliphatic rings. The normalized spacial score (nSPS) is 10.1. The predicted octanol–water partition coefficient (Wildman–Crippen LogP) is 2.20. The number of imidazole rings is 1. The van der Waals surface area contributed by atoms with Gasteiger partial charge in [0.15, 0.2) is 0 Å². The molecule has 7 heteroatoms. The van der Waals surface area contributed by atoms with Crippen LogP contribution in [0.1, 0.15) is 6.92 Å². The standard InChI is InChI=1S/C14H16N2O5/c1-2-19-14(18)21-12-13(17)16(10-15-12)8-9-20-11-6-4-3-5-7-11/h3-7,10,17H,2,8-9H2,1H3. The van der Waals surface area contributed by atoms with Crippen molar-refractivity contribution in [3.05, 3.63) is 36.7 Å². The van der Waals surface area contributed by atoms with Crippen molar-refractivity contribution in [1.82, 2.24) is 9.55 Å². The zero-order valence-electron chi connectivity index (χ0n) is 11.6. The number of carbonyl (C=O) groups is 1. The molecule has 0 saturated carbocycles. The number of hydrogen-bond donors (Lipinski definition) is 1. The highest BCUT2D eigenvalue weighted by Gasteiger charge is 2.15. The summed E-state index contributed by atoms with van der Waals surface area (Å²) in [5, 5.41) is 9.86. The van der Waals surface area contributed by atoms with Gasteiger partial charge in [-0.05, 0) is 19.1 Å². The minimum Gasteiger partial charge on any atom is -0.492 e. The Kier molecular flexibility index (Phi) is 5.03. The van der Waals surface area contributed by atoms with E-state index in [1.165, 1.54) is 10.9 Å². The van der Waals surface area contributed by atoms with Crippen molar-refractivity contribution in [3.63, 3.8) is 0 Å². The second kappa shape index (κ2) is 7.18. The fourth-order valence-electron chi connectivity index (χ4n) is 1.60. The first-order chi connectivity index (χ1) is 10.2. The van der Waals surface area contributed by atoms with E-state index in [4.69, 9.17) is 9.47 Å². The van der Waals surface area contributed by atoms with E-state index >= 15 is 0 Å². The molecule has 0 spiro atoms. The molecule has 7 nitrogen and oxygen atoms in total. The molecule has 21 heavy (non-hydrogen) atoms. The molecule has 0 aliphatic carbocycles. The van der Waals surface area contributed by atoms with Gasteiger partial charge in [-0.15, -0.1) is 0 Å². The second-order valence-electron chi connectivity index (χ2n) is 4.01. The average Bonchev–Trinajstić information content (AvgIpc) is 2.82. The molecular formula is C14H16N2O5. The molecule has 0 bridgehead atoms. The lowest BCUT2D eigenvalue weighted by atomic mass is 10.3. The van der Waals surface area contributed by atoms with Gasteiger partial charge in [-0.25, -0.2) is 4.79 Å². The maximum Gasteiger partial charge on any atom is 0.515 e. The molecule has 112 valence electrons. The summed E-state index contributed by atoms with van der Waals surface area (Å²) in [4.78, 5) is 14.9. The zero-order chi connectivity index (χ0) is 15.1. The average molecular weight is 292 g/mol. The lowest BCUT2D eigenvalue weighted by Gasteiger charge is -2.07. The van der Waals surface area contributed by atoms with Gasteiger partial charge in [-0.1, -0.05) is 18.2 Å². The molecule has 1 N–H and O–H groups in total. The third-order valence-electron chi connectivity index (χ3n) is 2.56. The van der Waals surface area contributed by atoms with E-state index in [2.05, 4.69) is 9.72 Å². The van der Waals surface area contributed by atoms with E-state index < -0.39 is 6.16 Å². The molecule has 1 aromatic carbocycles. The zero-order valence-corrected chi connectivity index (χ0v) is 11.6. The molecule has 0 aliphatic heterocycles. The number of aromatic hydroxyl groups is 1. The Morgan fingerprint density at radius 1 is 1.33 bits per heavy atom. The Labute approximate surface area is 121 Å². The van der Waals surface area contributed by atoms with Crippen LogP contribution in [0.25, 0.3) is 0 Å². The quantitative estimate of drug-likeness (QED) is 0.822. The van der Waals surface area contributed by atoms with Crippen LogP contribution in [0.5, 0.6) is 17.5 Å². The molecule has 0 unspecified atom stereocenters. The topological polar surface area (TPSA) is 82.8 Å². The third-order valence-corrected chi connectivity index (χ3v) is 2.56. The highest BCUT2D eigenvalue weighted by Crippen LogP contribution is 2.23. The van der Waals surface area contributed by atoms with E-state index in [0.717, 1.165) is 5.75 Å². The van der Waals surface area contributed by atoms with Gasteiger partial charge in [0.25, 0.3) is 11.8 Å². The summed E-state index contributed by atoms with van der Waals surface area (Å²) in [6.07, 6.45) is 0.455. The molecule has 1 aromatic heterocycles. The maximum absolute atomic E-state index is 11.1. The SMILES string of the molecule is CCOC(=O)Oc1ncn(CCOc2ccccc2)c1O. The van der Waals surface area contributed by atoms with Gasteiger partial charge in [0.2, 0.25) is 0 Å². The van der Waals surface area contributed by atoms with Crippen molar-refractivity contribution >= 4 is 6.16 Å². The monoisotopic (exact) mass is 292 g/mol. The van der Waals surface area contributed by atoms with E-state index in [1.54, 1.807) is 6.92 Å². The number of nitrogens with zero attached hydrogens (tertiary/aromatic N) is 2. The first-order valence-electron chi connectivity index (χ1n) is 6.47. The minimum absolute atomic E-state index is 0.186. The fraction of sp³-hybridized carbons (Fsp3) is 0.286. The molecular weight excluding hydrogens is 276 g/mol. The van der Waals surface area contributed by atoms with Crippen LogP contribution in [0.2, 0.25) is 0 Å². The minimum atomic E-state index is -0.904. The molecule has 0 saturated heterocycles. The van der Waals surface area contributed by atoms with E-state index in [9.17, 15) is 9.90 Å². The van der Waals surface area contributed by atoms with Crippen LogP contribution < -0.4 is 9.47 Å². The summed E-state index contributed by atoms with van der Waals surface area (Å²) in [5.41, 5.74) is 0. The lowest BCUT2D eigenvalue weighted by Crippen LogP contribution is -2.10. The highest BCUT2D eigenvalue weighted by molar-refractivity contribution is 5.63. The van der Waals surface area contributed by atoms with Crippen LogP contribution in [0.4, 0.5) is 4.79 Å². The van der Waals surface area contributed by atoms with E-state index in [1.807, 2.05) is 30.3 Å². The number of hydrogen-bond acceptors (Lipinski definition) is 6. The first-order valence-corrected chi connectivity index (χ1v) is 6.47. The molecule has 0 fully saturated rings. The fourth-order valence-corrected chi connectivity index (χ4v) is 1.60. The van der Waals surface area contributed by atoms with Crippen molar-refractivity contribution in [3.8, 4) is 17.5 Å². The number of rotatable bonds is 6. The number of ether oxygens (including phenoxy) is 3. The summed E-state index contributed by atoms with van der Waals surface area (Å²) in [6, 6.07) is 9.31. The molecule has 2 aromatic rings. The van der Waals surface area contributed by atoms with Crippen LogP contribution in [-0.4, -0.2) is 34.0 Å². The lowest BCUT2D eigenvalue weighted by molar-refractivity contribution is 0.101. The van der Waals surface area contributed by atoms with Gasteiger partial charge < -0.3 is 19.3 Å². The van der Waals surface area contributed by atoms with Crippen LogP contribution in [0.15, 0.2) is 36.7 Å². The summed E-state index contributed by atoms with van der Waals surface area (Å²) >= 11 is 0. The Hall–Kier alpha value is -2.70. The van der Waals surface area contributed by atoms with Crippen molar-refractivity contribution < 1.29 is 24.1 Å². The Morgan fingerprint density at radius 3 is 2.81 bits per heavy atom. The first kappa shape index (κ1) is 14.7. The summed E-state index contributed by atoms with van der Waals surface area (Å²) in [6.45, 7) is 2.54. The van der Waals surface area contributed by atoms with Crippen LogP contribution in [-0.2, 0) is 11.3 Å². The van der Waals surface area contributed by atoms with Crippen LogP contribution in [0, 0.1) is 0 Å². The summed E-state index contributed by atoms with van der Waals surface area (Å²) < 4.78 is 16.3. The molecule has 2 rings (SSSR count). The largest absolute Gasteiger partial charge is 0.515 e. The highest BCUT2D eigenvalue weighted by atomic mass is 16.7. The summed E-state index contributed by atoms with van der Waals surface area (Å²) in [7, 11) is 0. The van der Waals surface area contributed by atoms with Gasteiger partial charge in [-0.3, -0.25) is 4.57 Å². The predicted molar refractivity (Wildman–Crippen MR) is 73.5 cm³/mol. The van der Waals surface area contributed by atoms with Crippen molar-refractivity contribution in [2.24, 2.45) is 0 Å². The number of aromatic nitrogens is 2. The number of carbonyl (C=O) groups excluding carboxylic acids is 1. The molecule has 0 amide bonds. The Bertz CT molecular complexity index is 582. The third kappa shape index (κ3) is 4.13. The van der Waals surface area contributed by atoms with Crippen LogP contribution in [0.3, 0.4) is 0 Å². The van der Waals surface area contributed by atoms with Gasteiger partial charge in [0.1, 0.15) is 18.7 Å². The van der Waals surface area contributed by atoms with Gasteiger partial charge in [0, 0.05) is 0 Å². The maximum atomic E-state index is 11.1. The van der Waals surface area contributed by atoms with Crippen molar-refractivity contribution in [2.75, 3.05) is 13.2 Å². The van der Waals surface area contributed by atoms with Gasteiger partial charge >= 0.3 is 6.16 Å². The number of benzene rings is 1. The molecule has 0 atom stereocenters. The van der Waals surface area contributed by atoms with Crippen LogP contribution >= 0.6 is 0 Å². The van der Waals surface area contributed by atoms with E-state index in [0.29, 0.717) is 13.2 Å². The Morgan fingerprint density at radius 2 is 2.10 bits per heavy atom. The van der Waals surface area contributed by atoms with Crippen molar-refractivity contribution in [2.45, 2.75) is 13.5 Å². The number of para-hydroxylation sites is 1. The molecule has 0 radical (unpaired) electrons. The second-order valence-corrected chi connectivity index (χ2v) is 4.01. The summed E-state index contributed by atoms with van der Waals surface area (Å²) in [5.74, 6) is 0.299. The smallest absolute Gasteiger partial charge is 0.492 e.